The van der Waals surface area contributed by atoms with Gasteiger partial charge in [-0.05, 0) is 36.0 Å². The molecule has 0 aromatic heterocycles. The Kier molecular flexibility index (Phi) is 4.27. The molecular weight excluding hydrogens is 279 g/mol. The molecule has 1 fully saturated rings. The highest BCUT2D eigenvalue weighted by atomic mass is 32.2. The van der Waals surface area contributed by atoms with E-state index >= 15 is 0 Å². The fraction of sp³-hybridized carbons (Fsp3) is 0.500. The van der Waals surface area contributed by atoms with Gasteiger partial charge in [-0.2, -0.15) is 13.2 Å². The first-order valence-electron chi connectivity index (χ1n) is 5.84. The van der Waals surface area contributed by atoms with Crippen LogP contribution in [0.4, 0.5) is 13.2 Å². The lowest BCUT2D eigenvalue weighted by Gasteiger charge is -2.32. The molecule has 0 saturated carbocycles. The van der Waals surface area contributed by atoms with Crippen molar-refractivity contribution in [3.63, 3.8) is 0 Å². The minimum atomic E-state index is -4.30. The molecule has 19 heavy (non-hydrogen) atoms. The predicted molar refractivity (Wildman–Crippen MR) is 66.0 cm³/mol. The first kappa shape index (κ1) is 14.5. The largest absolute Gasteiger partial charge is 0.462 e. The zero-order chi connectivity index (χ0) is 13.9. The van der Waals surface area contributed by atoms with E-state index in [0.717, 1.165) is 0 Å². The zero-order valence-electron chi connectivity index (χ0n) is 10.0. The van der Waals surface area contributed by atoms with Crippen LogP contribution in [-0.2, 0) is 0 Å². The zero-order valence-corrected chi connectivity index (χ0v) is 10.9. The summed E-state index contributed by atoms with van der Waals surface area (Å²) in [4.78, 5) is 0.0946. The predicted octanol–water partition coefficient (Wildman–Crippen LogP) is 2.75. The van der Waals surface area contributed by atoms with Crippen molar-refractivity contribution in [3.8, 4) is 5.75 Å². The number of ether oxygens (including phenoxy) is 1. The maximum absolute atomic E-state index is 12.2. The first-order chi connectivity index (χ1) is 8.86. The van der Waals surface area contributed by atoms with Gasteiger partial charge >= 0.3 is 5.51 Å². The number of hydrogen-bond donors (Lipinski definition) is 2. The summed E-state index contributed by atoms with van der Waals surface area (Å²) in [6.45, 7) is 1.30. The third-order valence-corrected chi connectivity index (χ3v) is 3.49. The lowest BCUT2D eigenvalue weighted by Crippen LogP contribution is -2.46. The van der Waals surface area contributed by atoms with Gasteiger partial charge < -0.3 is 15.2 Å². The topological polar surface area (TPSA) is 41.5 Å². The van der Waals surface area contributed by atoms with E-state index < -0.39 is 11.3 Å². The average Bonchev–Trinajstić information content (AvgIpc) is 2.30. The molecule has 3 nitrogen and oxygen atoms in total. The van der Waals surface area contributed by atoms with Crippen LogP contribution in [0.15, 0.2) is 29.2 Å². The Morgan fingerprint density at radius 2 is 1.74 bits per heavy atom. The van der Waals surface area contributed by atoms with Crippen molar-refractivity contribution in [3.05, 3.63) is 24.3 Å². The Balaban J connectivity index is 1.98. The van der Waals surface area contributed by atoms with Crippen molar-refractivity contribution in [1.29, 1.82) is 0 Å². The number of benzene rings is 1. The Morgan fingerprint density at radius 1 is 1.16 bits per heavy atom. The molecule has 1 aromatic carbocycles. The van der Waals surface area contributed by atoms with E-state index in [1.54, 1.807) is 0 Å². The molecule has 1 aromatic rings. The molecule has 1 saturated heterocycles. The van der Waals surface area contributed by atoms with E-state index in [-0.39, 0.29) is 16.7 Å². The van der Waals surface area contributed by atoms with E-state index in [0.29, 0.717) is 31.7 Å². The van der Waals surface area contributed by atoms with Gasteiger partial charge in [0.15, 0.2) is 0 Å². The summed E-state index contributed by atoms with van der Waals surface area (Å²) < 4.78 is 41.9. The van der Waals surface area contributed by atoms with Gasteiger partial charge in [-0.15, -0.1) is 0 Å². The standard InChI is InChI=1S/C12H14F3NO2S/c13-12(14,15)19-10-3-1-9(2-4-10)18-11(17)5-7-16-8-6-11/h1-4,16-17H,5-8H2. The van der Waals surface area contributed by atoms with Crippen molar-refractivity contribution in [2.45, 2.75) is 29.0 Å². The van der Waals surface area contributed by atoms with Gasteiger partial charge in [0, 0.05) is 30.8 Å². The number of hydrogen-bond acceptors (Lipinski definition) is 4. The van der Waals surface area contributed by atoms with Gasteiger partial charge in [0.05, 0.1) is 0 Å². The minimum absolute atomic E-state index is 0.0946. The molecule has 0 spiro atoms. The third-order valence-electron chi connectivity index (χ3n) is 2.75. The van der Waals surface area contributed by atoms with Gasteiger partial charge in [-0.25, -0.2) is 0 Å². The maximum Gasteiger partial charge on any atom is 0.446 e. The summed E-state index contributed by atoms with van der Waals surface area (Å²) in [6.07, 6.45) is 0.901. The van der Waals surface area contributed by atoms with Crippen LogP contribution >= 0.6 is 11.8 Å². The molecule has 1 aliphatic heterocycles. The second-order valence-electron chi connectivity index (χ2n) is 4.32. The average molecular weight is 293 g/mol. The maximum atomic E-state index is 12.2. The molecule has 1 aliphatic rings. The van der Waals surface area contributed by atoms with Crippen molar-refractivity contribution < 1.29 is 23.0 Å². The van der Waals surface area contributed by atoms with Gasteiger partial charge in [0.1, 0.15) is 5.75 Å². The summed E-state index contributed by atoms with van der Waals surface area (Å²) >= 11 is -0.173. The molecule has 0 unspecified atom stereocenters. The van der Waals surface area contributed by atoms with Crippen LogP contribution in [-0.4, -0.2) is 29.5 Å². The molecule has 7 heteroatoms. The second kappa shape index (κ2) is 5.60. The fourth-order valence-electron chi connectivity index (χ4n) is 1.85. The molecule has 0 amide bonds. The van der Waals surface area contributed by atoms with E-state index in [1.165, 1.54) is 24.3 Å². The van der Waals surface area contributed by atoms with Crippen molar-refractivity contribution >= 4 is 11.8 Å². The third kappa shape index (κ3) is 4.59. The van der Waals surface area contributed by atoms with Crippen molar-refractivity contribution in [2.24, 2.45) is 0 Å². The molecule has 106 valence electrons. The highest BCUT2D eigenvalue weighted by molar-refractivity contribution is 8.00. The van der Waals surface area contributed by atoms with E-state index in [2.05, 4.69) is 5.32 Å². The van der Waals surface area contributed by atoms with Gasteiger partial charge in [-0.3, -0.25) is 0 Å². The Labute approximate surface area is 113 Å². The molecule has 2 rings (SSSR count). The van der Waals surface area contributed by atoms with Gasteiger partial charge in [0.25, 0.3) is 0 Å². The summed E-state index contributed by atoms with van der Waals surface area (Å²) in [5.41, 5.74) is -4.30. The van der Waals surface area contributed by atoms with Crippen LogP contribution in [0, 0.1) is 0 Å². The molecule has 2 N–H and O–H groups in total. The quantitative estimate of drug-likeness (QED) is 0.664. The highest BCUT2D eigenvalue weighted by Gasteiger charge is 2.32. The Bertz CT molecular complexity index is 416. The Morgan fingerprint density at radius 3 is 2.26 bits per heavy atom. The summed E-state index contributed by atoms with van der Waals surface area (Å²) in [5, 5.41) is 13.2. The smallest absolute Gasteiger partial charge is 0.446 e. The van der Waals surface area contributed by atoms with Crippen LogP contribution < -0.4 is 10.1 Å². The van der Waals surface area contributed by atoms with Gasteiger partial charge in [-0.1, -0.05) is 0 Å². The number of rotatable bonds is 3. The lowest BCUT2D eigenvalue weighted by molar-refractivity contribution is -0.154. The molecule has 1 heterocycles. The van der Waals surface area contributed by atoms with Crippen LogP contribution in [0.3, 0.4) is 0 Å². The van der Waals surface area contributed by atoms with E-state index in [1.807, 2.05) is 0 Å². The highest BCUT2D eigenvalue weighted by Crippen LogP contribution is 2.37. The molecular formula is C12H14F3NO2S. The van der Waals surface area contributed by atoms with Crippen molar-refractivity contribution in [1.82, 2.24) is 5.32 Å². The van der Waals surface area contributed by atoms with Crippen LogP contribution in [0.1, 0.15) is 12.8 Å². The molecule has 0 bridgehead atoms. The minimum Gasteiger partial charge on any atom is -0.462 e. The second-order valence-corrected chi connectivity index (χ2v) is 5.46. The molecule has 0 aliphatic carbocycles. The first-order valence-corrected chi connectivity index (χ1v) is 6.66. The normalized spacial score (nSPS) is 19.2. The summed E-state index contributed by atoms with van der Waals surface area (Å²) in [5.74, 6) is -0.861. The van der Waals surface area contributed by atoms with E-state index in [9.17, 15) is 18.3 Å². The summed E-state index contributed by atoms with van der Waals surface area (Å²) in [6, 6.07) is 5.54. The van der Waals surface area contributed by atoms with E-state index in [4.69, 9.17) is 4.74 Å². The van der Waals surface area contributed by atoms with Crippen LogP contribution in [0.5, 0.6) is 5.75 Å². The van der Waals surface area contributed by atoms with Gasteiger partial charge in [0.2, 0.25) is 5.79 Å². The number of thioether (sulfide) groups is 1. The summed E-state index contributed by atoms with van der Waals surface area (Å²) in [7, 11) is 0. The molecule has 0 radical (unpaired) electrons. The van der Waals surface area contributed by atoms with Crippen LogP contribution in [0.25, 0.3) is 0 Å². The number of piperidine rings is 1. The monoisotopic (exact) mass is 293 g/mol. The lowest BCUT2D eigenvalue weighted by atomic mass is 10.1. The Hall–Kier alpha value is -0.920. The molecule has 0 atom stereocenters. The number of halogens is 3. The van der Waals surface area contributed by atoms with Crippen LogP contribution in [0.2, 0.25) is 0 Å². The van der Waals surface area contributed by atoms with Crippen molar-refractivity contribution in [2.75, 3.05) is 13.1 Å². The fourth-order valence-corrected chi connectivity index (χ4v) is 2.39. The number of alkyl halides is 3. The SMILES string of the molecule is OC1(Oc2ccc(SC(F)(F)F)cc2)CCNCC1. The number of nitrogens with one attached hydrogen (secondary N) is 1. The number of aliphatic hydroxyl groups is 1.